The van der Waals surface area contributed by atoms with Crippen molar-refractivity contribution in [1.82, 2.24) is 5.32 Å². The average molecular weight is 548 g/mol. The zero-order valence-electron chi connectivity index (χ0n) is 26.2. The number of fused-ring (bicyclic) bond motifs is 7. The molecule has 3 heteroatoms. The minimum atomic E-state index is -0.575. The number of aryl methyl sites for hydroxylation is 2. The molecule has 1 aliphatic heterocycles. The van der Waals surface area contributed by atoms with Gasteiger partial charge in [-0.3, -0.25) is 5.32 Å². The lowest BCUT2D eigenvalue weighted by atomic mass is 9.71. The monoisotopic (exact) mass is 547 g/mol. The molecule has 1 spiro atoms. The largest absolute Gasteiger partial charge is 0.486 e. The standard InChI is InChI=1S/C38H45NO2/c1-22(2)14-27-20-38(33-19-32-30(18-29(27)33)28-12-10-11-13-31(28)36(32,7)8)34-16-23(3)15-24(4)35(34)37(9,21-39-38)41-26(6)17-25(5)40/h10-13,15-20,22,25,39-40H,14,21H2,1-9H3/b26-17-/t25?,37-,38+/m1/s1. The van der Waals surface area contributed by atoms with Crippen LogP contribution in [0, 0.1) is 19.8 Å². The van der Waals surface area contributed by atoms with Gasteiger partial charge >= 0.3 is 0 Å². The number of aliphatic hydroxyl groups excluding tert-OH is 1. The van der Waals surface area contributed by atoms with Crippen LogP contribution in [-0.4, -0.2) is 17.8 Å². The van der Waals surface area contributed by atoms with E-state index in [1.54, 1.807) is 13.0 Å². The van der Waals surface area contributed by atoms with E-state index in [9.17, 15) is 5.11 Å². The van der Waals surface area contributed by atoms with Gasteiger partial charge in [-0.25, -0.2) is 0 Å². The van der Waals surface area contributed by atoms with Crippen molar-refractivity contribution in [2.24, 2.45) is 5.92 Å². The molecular weight excluding hydrogens is 502 g/mol. The van der Waals surface area contributed by atoms with E-state index in [0.717, 1.165) is 12.2 Å². The molecule has 6 rings (SSSR count). The second-order valence-electron chi connectivity index (χ2n) is 13.9. The Labute approximate surface area is 246 Å². The van der Waals surface area contributed by atoms with Crippen LogP contribution in [0.25, 0.3) is 16.7 Å². The topological polar surface area (TPSA) is 41.5 Å². The Kier molecular flexibility index (Phi) is 6.45. The zero-order chi connectivity index (χ0) is 29.5. The molecule has 0 radical (unpaired) electrons. The Morgan fingerprint density at radius 2 is 1.66 bits per heavy atom. The SMILES string of the molecule is C/C(=C/C(C)O)O[C@]1(C)CN[C@]2(C=C(CC(C)C)c3cc4c(cc32)C(C)(C)c2ccccc2-4)c2cc(C)cc(C)c21. The van der Waals surface area contributed by atoms with Crippen LogP contribution in [0.1, 0.15) is 99.4 Å². The van der Waals surface area contributed by atoms with E-state index in [2.05, 4.69) is 108 Å². The molecule has 0 saturated heterocycles. The lowest BCUT2D eigenvalue weighted by Crippen LogP contribution is -2.54. The fourth-order valence-corrected chi connectivity index (χ4v) is 8.02. The lowest BCUT2D eigenvalue weighted by Gasteiger charge is -2.47. The van der Waals surface area contributed by atoms with E-state index in [4.69, 9.17) is 4.74 Å². The van der Waals surface area contributed by atoms with Crippen LogP contribution >= 0.6 is 0 Å². The highest BCUT2D eigenvalue weighted by atomic mass is 16.5. The van der Waals surface area contributed by atoms with Crippen molar-refractivity contribution in [1.29, 1.82) is 0 Å². The summed E-state index contributed by atoms with van der Waals surface area (Å²) in [5.41, 5.74) is 13.7. The van der Waals surface area contributed by atoms with E-state index < -0.39 is 17.2 Å². The van der Waals surface area contributed by atoms with Crippen LogP contribution in [0.15, 0.2) is 66.4 Å². The molecule has 2 aliphatic carbocycles. The summed E-state index contributed by atoms with van der Waals surface area (Å²) < 4.78 is 6.69. The number of allylic oxidation sites excluding steroid dienone is 2. The van der Waals surface area contributed by atoms with Gasteiger partial charge in [0.1, 0.15) is 5.60 Å². The lowest BCUT2D eigenvalue weighted by molar-refractivity contribution is 0.000217. The van der Waals surface area contributed by atoms with Crippen LogP contribution in [-0.2, 0) is 21.3 Å². The average Bonchev–Trinajstić information content (AvgIpc) is 3.29. The predicted molar refractivity (Wildman–Crippen MR) is 170 cm³/mol. The second-order valence-corrected chi connectivity index (χ2v) is 13.9. The maximum absolute atomic E-state index is 10.0. The fraction of sp³-hybridized carbons (Fsp3) is 0.421. The predicted octanol–water partition coefficient (Wildman–Crippen LogP) is 8.42. The third kappa shape index (κ3) is 4.23. The number of benzene rings is 3. The van der Waals surface area contributed by atoms with Crippen molar-refractivity contribution < 1.29 is 9.84 Å². The number of nitrogens with one attached hydrogen (secondary N) is 1. The summed E-state index contributed by atoms with van der Waals surface area (Å²) in [6, 6.07) is 18.6. The van der Waals surface area contributed by atoms with Gasteiger partial charge in [0.25, 0.3) is 0 Å². The first-order chi connectivity index (χ1) is 19.3. The van der Waals surface area contributed by atoms with Crippen LogP contribution in [0.5, 0.6) is 0 Å². The number of aliphatic hydroxyl groups is 1. The van der Waals surface area contributed by atoms with Crippen molar-refractivity contribution in [2.45, 2.75) is 91.4 Å². The zero-order valence-corrected chi connectivity index (χ0v) is 26.2. The van der Waals surface area contributed by atoms with Crippen molar-refractivity contribution >= 4 is 5.57 Å². The smallest absolute Gasteiger partial charge is 0.144 e. The van der Waals surface area contributed by atoms with Gasteiger partial charge in [0.15, 0.2) is 0 Å². The second kappa shape index (κ2) is 9.44. The van der Waals surface area contributed by atoms with E-state index in [1.165, 1.54) is 61.2 Å². The number of ether oxygens (including phenoxy) is 1. The summed E-state index contributed by atoms with van der Waals surface area (Å²) in [5, 5.41) is 14.1. The molecule has 3 atom stereocenters. The van der Waals surface area contributed by atoms with Crippen molar-refractivity contribution in [3.05, 3.63) is 111 Å². The third-order valence-corrected chi connectivity index (χ3v) is 9.51. The molecule has 3 nitrogen and oxygen atoms in total. The Hall–Kier alpha value is -3.14. The molecule has 0 amide bonds. The normalized spacial score (nSPS) is 24.6. The fourth-order valence-electron chi connectivity index (χ4n) is 8.02. The molecule has 0 saturated carbocycles. The maximum atomic E-state index is 10.0. The van der Waals surface area contributed by atoms with Gasteiger partial charge in [-0.05, 0) is 109 Å². The highest BCUT2D eigenvalue weighted by Gasteiger charge is 2.51. The summed E-state index contributed by atoms with van der Waals surface area (Å²) in [4.78, 5) is 0. The maximum Gasteiger partial charge on any atom is 0.144 e. The summed E-state index contributed by atoms with van der Waals surface area (Å²) >= 11 is 0. The van der Waals surface area contributed by atoms with Gasteiger partial charge in [-0.1, -0.05) is 81.8 Å². The summed E-state index contributed by atoms with van der Waals surface area (Å²) in [7, 11) is 0. The van der Waals surface area contributed by atoms with Crippen molar-refractivity contribution in [3.63, 3.8) is 0 Å². The Morgan fingerprint density at radius 3 is 2.37 bits per heavy atom. The molecule has 0 fully saturated rings. The molecule has 1 heterocycles. The van der Waals surface area contributed by atoms with Crippen molar-refractivity contribution in [3.8, 4) is 11.1 Å². The Morgan fingerprint density at radius 1 is 0.927 bits per heavy atom. The molecule has 1 unspecified atom stereocenters. The quantitative estimate of drug-likeness (QED) is 0.315. The van der Waals surface area contributed by atoms with E-state index in [0.29, 0.717) is 12.5 Å². The minimum Gasteiger partial charge on any atom is -0.486 e. The molecule has 3 aromatic rings. The Balaban J connectivity index is 1.61. The summed E-state index contributed by atoms with van der Waals surface area (Å²) in [6.07, 6.45) is 4.79. The Bertz CT molecular complexity index is 1620. The van der Waals surface area contributed by atoms with Gasteiger partial charge in [0, 0.05) is 17.5 Å². The first kappa shape index (κ1) is 28.0. The van der Waals surface area contributed by atoms with Crippen LogP contribution in [0.3, 0.4) is 0 Å². The molecular formula is C38H45NO2. The molecule has 3 aromatic carbocycles. The van der Waals surface area contributed by atoms with Crippen LogP contribution in [0.4, 0.5) is 0 Å². The summed E-state index contributed by atoms with van der Waals surface area (Å²) in [6.45, 7) is 20.3. The minimum absolute atomic E-state index is 0.0660. The van der Waals surface area contributed by atoms with Gasteiger partial charge in [0.05, 0.1) is 17.4 Å². The first-order valence-electron chi connectivity index (χ1n) is 15.2. The third-order valence-electron chi connectivity index (χ3n) is 9.51. The molecule has 0 bridgehead atoms. The van der Waals surface area contributed by atoms with Gasteiger partial charge in [-0.2, -0.15) is 0 Å². The molecule has 2 N–H and O–H groups in total. The van der Waals surface area contributed by atoms with E-state index in [1.807, 2.05) is 6.92 Å². The number of hydrogen-bond acceptors (Lipinski definition) is 3. The molecule has 41 heavy (non-hydrogen) atoms. The number of rotatable bonds is 5. The van der Waals surface area contributed by atoms with Crippen LogP contribution in [0.2, 0.25) is 0 Å². The highest BCUT2D eigenvalue weighted by Crippen LogP contribution is 2.56. The molecule has 0 aromatic heterocycles. The van der Waals surface area contributed by atoms with E-state index >= 15 is 0 Å². The highest BCUT2D eigenvalue weighted by molar-refractivity contribution is 5.88. The van der Waals surface area contributed by atoms with Gasteiger partial charge < -0.3 is 9.84 Å². The van der Waals surface area contributed by atoms with Gasteiger partial charge in [0.2, 0.25) is 0 Å². The van der Waals surface area contributed by atoms with Crippen molar-refractivity contribution in [2.75, 3.05) is 6.54 Å². The van der Waals surface area contributed by atoms with Crippen LogP contribution < -0.4 is 5.32 Å². The van der Waals surface area contributed by atoms with E-state index in [-0.39, 0.29) is 5.41 Å². The summed E-state index contributed by atoms with van der Waals surface area (Å²) in [5.74, 6) is 1.29. The number of hydrogen-bond donors (Lipinski definition) is 2. The molecule has 3 aliphatic rings. The first-order valence-corrected chi connectivity index (χ1v) is 15.2. The molecule has 214 valence electrons. The van der Waals surface area contributed by atoms with Gasteiger partial charge in [-0.15, -0.1) is 0 Å².